The van der Waals surface area contributed by atoms with Gasteiger partial charge in [0.05, 0.1) is 7.11 Å². The number of aromatic nitrogens is 2. The van der Waals surface area contributed by atoms with Crippen molar-refractivity contribution in [2.45, 2.75) is 10.4 Å². The highest BCUT2D eigenvalue weighted by atomic mass is 32.2. The molecule has 0 N–H and O–H groups in total. The zero-order valence-electron chi connectivity index (χ0n) is 9.07. The number of carbonyl (C=O) groups excluding carboxylic acids is 1. The van der Waals surface area contributed by atoms with Crippen LogP contribution < -0.4 is 0 Å². The van der Waals surface area contributed by atoms with Crippen LogP contribution in [0.4, 0.5) is 0 Å². The van der Waals surface area contributed by atoms with E-state index in [2.05, 4.69) is 9.97 Å². The Morgan fingerprint density at radius 1 is 1.47 bits per heavy atom. The van der Waals surface area contributed by atoms with E-state index in [1.165, 1.54) is 18.9 Å². The Morgan fingerprint density at radius 2 is 2.24 bits per heavy atom. The summed E-state index contributed by atoms with van der Waals surface area (Å²) in [5.74, 6) is -0.291. The minimum Gasteiger partial charge on any atom is -0.468 e. The van der Waals surface area contributed by atoms with Crippen LogP contribution in [0.5, 0.6) is 0 Å². The van der Waals surface area contributed by atoms with Crippen molar-refractivity contribution in [1.29, 1.82) is 0 Å². The lowest BCUT2D eigenvalue weighted by atomic mass is 10.2. The van der Waals surface area contributed by atoms with E-state index in [1.807, 2.05) is 16.8 Å². The topological polar surface area (TPSA) is 52.1 Å². The summed E-state index contributed by atoms with van der Waals surface area (Å²) in [5.41, 5.74) is 0.916. The standard InChI is InChI=1S/C11H10N2O2S2/c1-15-10(14)9(8-3-6-16-7-8)17-11-12-4-2-5-13-11/h2-7,9H,1H3/t9-/m0/s1. The molecular formula is C11H10N2O2S2. The average molecular weight is 266 g/mol. The van der Waals surface area contributed by atoms with Gasteiger partial charge in [-0.1, -0.05) is 11.8 Å². The second kappa shape index (κ2) is 5.79. The van der Waals surface area contributed by atoms with Gasteiger partial charge < -0.3 is 4.74 Å². The normalized spacial score (nSPS) is 12.1. The van der Waals surface area contributed by atoms with Crippen molar-refractivity contribution in [2.75, 3.05) is 7.11 Å². The number of hydrogen-bond acceptors (Lipinski definition) is 6. The van der Waals surface area contributed by atoms with Crippen LogP contribution in [0.2, 0.25) is 0 Å². The maximum Gasteiger partial charge on any atom is 0.323 e. The summed E-state index contributed by atoms with van der Waals surface area (Å²) in [5, 5.41) is 4.01. The quantitative estimate of drug-likeness (QED) is 0.483. The van der Waals surface area contributed by atoms with Crippen molar-refractivity contribution in [1.82, 2.24) is 9.97 Å². The van der Waals surface area contributed by atoms with Gasteiger partial charge in [0, 0.05) is 12.4 Å². The van der Waals surface area contributed by atoms with Gasteiger partial charge in [0.25, 0.3) is 0 Å². The predicted molar refractivity (Wildman–Crippen MR) is 67.0 cm³/mol. The monoisotopic (exact) mass is 266 g/mol. The summed E-state index contributed by atoms with van der Waals surface area (Å²) in [6, 6.07) is 3.64. The van der Waals surface area contributed by atoms with Gasteiger partial charge in [-0.05, 0) is 28.5 Å². The van der Waals surface area contributed by atoms with E-state index in [-0.39, 0.29) is 5.97 Å². The Morgan fingerprint density at radius 3 is 2.82 bits per heavy atom. The number of thioether (sulfide) groups is 1. The molecule has 2 rings (SSSR count). The van der Waals surface area contributed by atoms with Gasteiger partial charge in [-0.15, -0.1) is 0 Å². The van der Waals surface area contributed by atoms with Crippen LogP contribution in [-0.2, 0) is 9.53 Å². The van der Waals surface area contributed by atoms with Gasteiger partial charge in [0.2, 0.25) is 0 Å². The Balaban J connectivity index is 2.20. The van der Waals surface area contributed by atoms with Crippen molar-refractivity contribution in [3.05, 3.63) is 40.8 Å². The SMILES string of the molecule is COC(=O)[C@@H](Sc1ncccn1)c1ccsc1. The number of rotatable bonds is 4. The van der Waals surface area contributed by atoms with Crippen LogP contribution >= 0.6 is 23.1 Å². The highest BCUT2D eigenvalue weighted by Gasteiger charge is 2.24. The molecule has 0 fully saturated rings. The van der Waals surface area contributed by atoms with Crippen LogP contribution in [0, 0.1) is 0 Å². The number of carbonyl (C=O) groups is 1. The van der Waals surface area contributed by atoms with Gasteiger partial charge in [-0.3, -0.25) is 4.79 Å². The summed E-state index contributed by atoms with van der Waals surface area (Å²) < 4.78 is 4.80. The number of hydrogen-bond donors (Lipinski definition) is 0. The lowest BCUT2D eigenvalue weighted by Crippen LogP contribution is -2.10. The molecule has 0 aliphatic carbocycles. The lowest BCUT2D eigenvalue weighted by molar-refractivity contribution is -0.140. The Bertz CT molecular complexity index is 473. The summed E-state index contributed by atoms with van der Waals surface area (Å²) in [7, 11) is 1.38. The lowest BCUT2D eigenvalue weighted by Gasteiger charge is -2.11. The van der Waals surface area contributed by atoms with Gasteiger partial charge in [0.15, 0.2) is 5.16 Å². The number of nitrogens with zero attached hydrogens (tertiary/aromatic N) is 2. The van der Waals surface area contributed by atoms with E-state index in [0.717, 1.165) is 5.56 Å². The molecule has 0 aliphatic rings. The molecule has 2 heterocycles. The van der Waals surface area contributed by atoms with E-state index >= 15 is 0 Å². The van der Waals surface area contributed by atoms with Gasteiger partial charge in [-0.25, -0.2) is 9.97 Å². The zero-order valence-corrected chi connectivity index (χ0v) is 10.7. The highest BCUT2D eigenvalue weighted by Crippen LogP contribution is 2.34. The Kier molecular flexibility index (Phi) is 4.11. The number of esters is 1. The smallest absolute Gasteiger partial charge is 0.323 e. The molecule has 0 bridgehead atoms. The first-order valence-electron chi connectivity index (χ1n) is 4.85. The van der Waals surface area contributed by atoms with Crippen molar-refractivity contribution in [3.8, 4) is 0 Å². The first-order chi connectivity index (χ1) is 8.31. The van der Waals surface area contributed by atoms with Crippen LogP contribution in [-0.4, -0.2) is 23.0 Å². The molecule has 0 radical (unpaired) electrons. The van der Waals surface area contributed by atoms with E-state index in [1.54, 1.807) is 29.8 Å². The number of thiophene rings is 1. The second-order valence-electron chi connectivity index (χ2n) is 3.11. The fourth-order valence-corrected chi connectivity index (χ4v) is 2.94. The first kappa shape index (κ1) is 12.1. The van der Waals surface area contributed by atoms with Crippen LogP contribution in [0.25, 0.3) is 0 Å². The van der Waals surface area contributed by atoms with E-state index in [0.29, 0.717) is 5.16 Å². The minimum absolute atomic E-state index is 0.291. The van der Waals surface area contributed by atoms with E-state index in [4.69, 9.17) is 4.74 Å². The molecule has 88 valence electrons. The Labute approximate surface area is 107 Å². The van der Waals surface area contributed by atoms with E-state index < -0.39 is 5.25 Å². The molecular weight excluding hydrogens is 256 g/mol. The second-order valence-corrected chi connectivity index (χ2v) is 4.96. The molecule has 0 aliphatic heterocycles. The van der Waals surface area contributed by atoms with Crippen LogP contribution in [0.1, 0.15) is 10.8 Å². The summed E-state index contributed by atoms with van der Waals surface area (Å²) >= 11 is 2.83. The molecule has 0 unspecified atom stereocenters. The molecule has 2 aromatic heterocycles. The summed E-state index contributed by atoms with van der Waals surface area (Å²) in [6.07, 6.45) is 3.30. The molecule has 4 nitrogen and oxygen atoms in total. The molecule has 0 saturated carbocycles. The predicted octanol–water partition coefficient (Wildman–Crippen LogP) is 2.54. The van der Waals surface area contributed by atoms with Crippen molar-refractivity contribution in [2.24, 2.45) is 0 Å². The number of ether oxygens (including phenoxy) is 1. The molecule has 17 heavy (non-hydrogen) atoms. The van der Waals surface area contributed by atoms with Crippen LogP contribution in [0.15, 0.2) is 40.4 Å². The third-order valence-electron chi connectivity index (χ3n) is 2.03. The zero-order chi connectivity index (χ0) is 12.1. The van der Waals surface area contributed by atoms with Gasteiger partial charge in [-0.2, -0.15) is 11.3 Å². The molecule has 0 aromatic carbocycles. The first-order valence-corrected chi connectivity index (χ1v) is 6.67. The summed E-state index contributed by atoms with van der Waals surface area (Å²) in [6.45, 7) is 0. The molecule has 1 atom stereocenters. The molecule has 0 amide bonds. The molecule has 6 heteroatoms. The summed E-state index contributed by atoms with van der Waals surface area (Å²) in [4.78, 5) is 19.9. The van der Waals surface area contributed by atoms with Crippen LogP contribution in [0.3, 0.4) is 0 Å². The third-order valence-corrected chi connectivity index (χ3v) is 3.85. The van der Waals surface area contributed by atoms with Crippen molar-refractivity contribution in [3.63, 3.8) is 0 Å². The largest absolute Gasteiger partial charge is 0.468 e. The third kappa shape index (κ3) is 3.04. The fraction of sp³-hybridized carbons (Fsp3) is 0.182. The Hall–Kier alpha value is -1.40. The minimum atomic E-state index is -0.409. The van der Waals surface area contributed by atoms with Crippen molar-refractivity contribution >= 4 is 29.1 Å². The molecule has 0 saturated heterocycles. The van der Waals surface area contributed by atoms with E-state index in [9.17, 15) is 4.79 Å². The maximum absolute atomic E-state index is 11.7. The molecule has 2 aromatic rings. The molecule has 0 spiro atoms. The average Bonchev–Trinajstić information content (AvgIpc) is 2.90. The highest BCUT2D eigenvalue weighted by molar-refractivity contribution is 8.00. The maximum atomic E-state index is 11.7. The number of methoxy groups -OCH3 is 1. The van der Waals surface area contributed by atoms with Crippen molar-refractivity contribution < 1.29 is 9.53 Å². The van der Waals surface area contributed by atoms with Gasteiger partial charge in [0.1, 0.15) is 5.25 Å². The van der Waals surface area contributed by atoms with Gasteiger partial charge >= 0.3 is 5.97 Å². The fourth-order valence-electron chi connectivity index (χ4n) is 1.24.